The van der Waals surface area contributed by atoms with Crippen LogP contribution in [0.15, 0.2) is 82.3 Å². The molecular weight excluding hydrogens is 361 g/mol. The van der Waals surface area contributed by atoms with Crippen molar-refractivity contribution in [2.45, 2.75) is 0 Å². The van der Waals surface area contributed by atoms with Gasteiger partial charge in [0.1, 0.15) is 0 Å². The van der Waals surface area contributed by atoms with Crippen molar-refractivity contribution in [3.8, 4) is 22.8 Å². The molecule has 2 nitrogen and oxygen atoms in total. The summed E-state index contributed by atoms with van der Waals surface area (Å²) in [7, 11) is 0. The minimum absolute atomic E-state index is 0.488. The molecule has 0 unspecified atom stereocenters. The van der Waals surface area contributed by atoms with Crippen LogP contribution in [0.5, 0.6) is 0 Å². The zero-order valence-corrected chi connectivity index (χ0v) is 14.6. The molecule has 0 aliphatic heterocycles. The predicted octanol–water partition coefficient (Wildman–Crippen LogP) is 5.24. The topological polar surface area (TPSA) is 26.0 Å². The van der Waals surface area contributed by atoms with Gasteiger partial charge < -0.3 is 0 Å². The van der Waals surface area contributed by atoms with Gasteiger partial charge in [-0.2, -0.15) is 0 Å². The molecule has 0 saturated heterocycles. The zero-order valence-electron chi connectivity index (χ0n) is 12.9. The third-order valence-electron chi connectivity index (χ3n) is 3.70. The number of rotatable bonds is 4. The molecule has 0 atom stereocenters. The van der Waals surface area contributed by atoms with Gasteiger partial charge in [-0.1, -0.05) is 18.2 Å². The van der Waals surface area contributed by atoms with Crippen LogP contribution in [0.3, 0.4) is 0 Å². The molecule has 0 aliphatic carbocycles. The van der Waals surface area contributed by atoms with Crippen LogP contribution < -0.4 is 0 Å². The van der Waals surface area contributed by atoms with E-state index in [1.807, 2.05) is 42.5 Å². The molecule has 0 N–H and O–H groups in total. The van der Waals surface area contributed by atoms with E-state index in [9.17, 15) is 0 Å². The van der Waals surface area contributed by atoms with Crippen LogP contribution in [0.4, 0.5) is 0 Å². The van der Waals surface area contributed by atoms with Crippen molar-refractivity contribution < 1.29 is 4.42 Å². The summed E-state index contributed by atoms with van der Waals surface area (Å²) in [6, 6.07) is 22.6. The normalized spacial score (nSPS) is 11.2. The molecular formula is C21H15NOSe. The van der Waals surface area contributed by atoms with Gasteiger partial charge in [0.05, 0.1) is 0 Å². The third kappa shape index (κ3) is 3.33. The summed E-state index contributed by atoms with van der Waals surface area (Å²) in [5.41, 5.74) is 3.20. The number of benzene rings is 2. The van der Waals surface area contributed by atoms with Crippen molar-refractivity contribution in [3.05, 3.63) is 87.9 Å². The summed E-state index contributed by atoms with van der Waals surface area (Å²) in [6.45, 7) is 0. The first-order valence-electron chi connectivity index (χ1n) is 7.72. The van der Waals surface area contributed by atoms with Crippen LogP contribution in [0.1, 0.15) is 10.0 Å². The van der Waals surface area contributed by atoms with Crippen molar-refractivity contribution in [1.29, 1.82) is 0 Å². The van der Waals surface area contributed by atoms with E-state index in [0.717, 1.165) is 16.9 Å². The van der Waals surface area contributed by atoms with Crippen LogP contribution in [0.25, 0.3) is 34.9 Å². The molecule has 0 spiro atoms. The summed E-state index contributed by atoms with van der Waals surface area (Å²) in [4.78, 5) is 6.63. The van der Waals surface area contributed by atoms with Crippen molar-refractivity contribution in [2.75, 3.05) is 0 Å². The standard InChI is InChI=1S/C21H15NOSe/c1-2-5-17(6-3-1)20-15-22-21(23-20)18-11-8-16(9-12-18)10-13-19-7-4-14-24-19/h1-15H/b13-10+. The quantitative estimate of drug-likeness (QED) is 0.456. The molecule has 0 aliphatic rings. The van der Waals surface area contributed by atoms with Gasteiger partial charge in [-0.25, -0.2) is 0 Å². The Labute approximate surface area is 146 Å². The second-order valence-corrected chi connectivity index (χ2v) is 7.42. The van der Waals surface area contributed by atoms with E-state index in [1.54, 1.807) is 6.20 Å². The molecule has 2 aromatic carbocycles. The molecule has 3 heteroatoms. The Balaban J connectivity index is 1.54. The molecule has 0 bridgehead atoms. The van der Waals surface area contributed by atoms with Crippen LogP contribution in [0, 0.1) is 0 Å². The molecule has 0 amide bonds. The summed E-state index contributed by atoms with van der Waals surface area (Å²) < 4.78 is 7.29. The molecule has 2 heterocycles. The van der Waals surface area contributed by atoms with E-state index in [-0.39, 0.29) is 0 Å². The minimum atomic E-state index is 0.488. The van der Waals surface area contributed by atoms with E-state index in [2.05, 4.69) is 46.3 Å². The Hall–Kier alpha value is -2.61. The molecule has 0 radical (unpaired) electrons. The van der Waals surface area contributed by atoms with Crippen molar-refractivity contribution >= 4 is 26.7 Å². The van der Waals surface area contributed by atoms with Crippen LogP contribution >= 0.6 is 0 Å². The summed E-state index contributed by atoms with van der Waals surface area (Å²) in [5.74, 6) is 1.44. The summed E-state index contributed by atoms with van der Waals surface area (Å²) >= 11 is 0.488. The number of nitrogens with zero attached hydrogens (tertiary/aromatic N) is 1. The van der Waals surface area contributed by atoms with E-state index in [1.165, 1.54) is 10.0 Å². The maximum atomic E-state index is 5.89. The Kier molecular flexibility index (Phi) is 4.28. The van der Waals surface area contributed by atoms with Gasteiger partial charge in [0, 0.05) is 0 Å². The van der Waals surface area contributed by atoms with Crippen LogP contribution in [-0.2, 0) is 0 Å². The summed E-state index contributed by atoms with van der Waals surface area (Å²) in [6.07, 6.45) is 6.11. The molecule has 0 fully saturated rings. The fraction of sp³-hybridized carbons (Fsp3) is 0. The molecule has 4 aromatic rings. The van der Waals surface area contributed by atoms with Crippen molar-refractivity contribution in [1.82, 2.24) is 4.98 Å². The Bertz CT molecular complexity index is 935. The number of hydrogen-bond donors (Lipinski definition) is 0. The average molecular weight is 376 g/mol. The van der Waals surface area contributed by atoms with Gasteiger partial charge >= 0.3 is 129 Å². The third-order valence-corrected chi connectivity index (χ3v) is 5.46. The van der Waals surface area contributed by atoms with Gasteiger partial charge in [0.25, 0.3) is 0 Å². The molecule has 24 heavy (non-hydrogen) atoms. The van der Waals surface area contributed by atoms with Gasteiger partial charge in [-0.05, 0) is 0 Å². The molecule has 4 rings (SSSR count). The first-order chi connectivity index (χ1) is 11.9. The predicted molar refractivity (Wildman–Crippen MR) is 99.7 cm³/mol. The Morgan fingerprint density at radius 2 is 1.62 bits per heavy atom. The van der Waals surface area contributed by atoms with E-state index in [4.69, 9.17) is 4.42 Å². The van der Waals surface area contributed by atoms with Crippen molar-refractivity contribution in [3.63, 3.8) is 0 Å². The van der Waals surface area contributed by atoms with Crippen LogP contribution in [-0.4, -0.2) is 19.5 Å². The zero-order chi connectivity index (χ0) is 16.2. The fourth-order valence-corrected chi connectivity index (χ4v) is 3.74. The second-order valence-electron chi connectivity index (χ2n) is 5.37. The van der Waals surface area contributed by atoms with Gasteiger partial charge in [-0.15, -0.1) is 0 Å². The van der Waals surface area contributed by atoms with Gasteiger partial charge in [0.15, 0.2) is 0 Å². The molecule has 0 saturated carbocycles. The molecule has 116 valence electrons. The number of oxazole rings is 1. The SMILES string of the molecule is C(=C\c1ccc[se]1)/c1ccc(-c2ncc(-c3ccccc3)o2)cc1. The van der Waals surface area contributed by atoms with E-state index in [0.29, 0.717) is 20.4 Å². The van der Waals surface area contributed by atoms with E-state index >= 15 is 0 Å². The van der Waals surface area contributed by atoms with Gasteiger partial charge in [-0.3, -0.25) is 0 Å². The Morgan fingerprint density at radius 3 is 2.38 bits per heavy atom. The van der Waals surface area contributed by atoms with E-state index < -0.39 is 0 Å². The molecule has 2 aromatic heterocycles. The summed E-state index contributed by atoms with van der Waals surface area (Å²) in [5, 5.41) is 0. The first-order valence-corrected chi connectivity index (χ1v) is 9.56. The number of aromatic nitrogens is 1. The Morgan fingerprint density at radius 1 is 0.792 bits per heavy atom. The van der Waals surface area contributed by atoms with Crippen molar-refractivity contribution in [2.24, 2.45) is 0 Å². The van der Waals surface area contributed by atoms with Gasteiger partial charge in [0.2, 0.25) is 0 Å². The average Bonchev–Trinajstić information content (AvgIpc) is 3.33. The number of hydrogen-bond acceptors (Lipinski definition) is 2. The first kappa shape index (κ1) is 14.9. The van der Waals surface area contributed by atoms with Crippen LogP contribution in [0.2, 0.25) is 0 Å². The maximum absolute atomic E-state index is 5.89. The second kappa shape index (κ2) is 6.88. The fourth-order valence-electron chi connectivity index (χ4n) is 2.44. The monoisotopic (exact) mass is 377 g/mol.